The molecule has 7 heteroatoms. The number of nitrogens with zero attached hydrogens (tertiary/aromatic N) is 1. The van der Waals surface area contributed by atoms with Crippen LogP contribution in [0.15, 0.2) is 59.5 Å². The van der Waals surface area contributed by atoms with Crippen LogP contribution >= 0.6 is 0 Å². The van der Waals surface area contributed by atoms with Crippen LogP contribution in [0, 0.1) is 0 Å². The lowest BCUT2D eigenvalue weighted by molar-refractivity contribution is 0.0940. The predicted octanol–water partition coefficient (Wildman–Crippen LogP) is 1.64. The number of hydrogen-bond acceptors (Lipinski definition) is 4. The number of likely N-dealkylation sites (N-methyl/N-ethyl adjacent to an activating group) is 1. The summed E-state index contributed by atoms with van der Waals surface area (Å²) in [5.74, 6) is -0.243. The summed E-state index contributed by atoms with van der Waals surface area (Å²) < 4.78 is 27.0. The average molecular weight is 388 g/mol. The van der Waals surface area contributed by atoms with Crippen molar-refractivity contribution in [3.63, 3.8) is 0 Å². The lowest BCUT2D eigenvalue weighted by atomic mass is 10.2. The van der Waals surface area contributed by atoms with Crippen LogP contribution in [0.2, 0.25) is 0 Å². The quantitative estimate of drug-likeness (QED) is 0.757. The maximum absolute atomic E-state index is 12.9. The maximum Gasteiger partial charge on any atom is 0.251 e. The van der Waals surface area contributed by atoms with Gasteiger partial charge in [0.1, 0.15) is 0 Å². The van der Waals surface area contributed by atoms with Gasteiger partial charge in [-0.25, -0.2) is 12.7 Å². The number of carbonyl (C=O) groups excluding carboxylic acids is 1. The summed E-state index contributed by atoms with van der Waals surface area (Å²) in [4.78, 5) is 12.5. The van der Waals surface area contributed by atoms with Gasteiger partial charge >= 0.3 is 0 Å². The van der Waals surface area contributed by atoms with Gasteiger partial charge in [0.05, 0.1) is 4.90 Å². The molecule has 1 atom stereocenters. The highest BCUT2D eigenvalue weighted by Crippen LogP contribution is 2.17. The zero-order chi connectivity index (χ0) is 19.3. The highest BCUT2D eigenvalue weighted by Gasteiger charge is 2.23. The second kappa shape index (κ2) is 8.65. The Balaban J connectivity index is 1.69. The van der Waals surface area contributed by atoms with E-state index in [4.69, 9.17) is 0 Å². The molecule has 1 unspecified atom stereocenters. The fourth-order valence-corrected chi connectivity index (χ4v) is 4.29. The molecule has 1 aliphatic rings. The van der Waals surface area contributed by atoms with Crippen molar-refractivity contribution in [1.29, 1.82) is 0 Å². The zero-order valence-electron chi connectivity index (χ0n) is 15.4. The molecular weight excluding hydrogens is 362 g/mol. The van der Waals surface area contributed by atoms with Crippen molar-refractivity contribution in [2.45, 2.75) is 23.8 Å². The third-order valence-corrected chi connectivity index (χ3v) is 6.61. The van der Waals surface area contributed by atoms with Crippen molar-refractivity contribution in [3.05, 3.63) is 65.7 Å². The molecule has 0 saturated carbocycles. The normalized spacial score (nSPS) is 17.2. The highest BCUT2D eigenvalue weighted by atomic mass is 32.2. The Kier molecular flexibility index (Phi) is 6.26. The molecule has 2 aromatic rings. The number of hydrogen-bond donors (Lipinski definition) is 2. The number of rotatable bonds is 7. The summed E-state index contributed by atoms with van der Waals surface area (Å²) >= 11 is 0. The first-order chi connectivity index (χ1) is 13.0. The van der Waals surface area contributed by atoms with Crippen molar-refractivity contribution >= 4 is 15.9 Å². The van der Waals surface area contributed by atoms with E-state index in [-0.39, 0.29) is 16.8 Å². The van der Waals surface area contributed by atoms with E-state index in [1.54, 1.807) is 19.2 Å². The standard InChI is InChI=1S/C20H25N3O3S/c1-23(13-11-16-6-3-2-4-7-16)27(25,26)19-9-5-8-17(14-19)20(24)22-18-10-12-21-15-18/h2-9,14,18,21H,10-13,15H2,1H3,(H,22,24). The Morgan fingerprint density at radius 1 is 1.19 bits per heavy atom. The first kappa shape index (κ1) is 19.5. The fraction of sp³-hybridized carbons (Fsp3) is 0.350. The molecule has 0 spiro atoms. The summed E-state index contributed by atoms with van der Waals surface area (Å²) in [5, 5.41) is 6.13. The van der Waals surface area contributed by atoms with Gasteiger partial charge in [-0.05, 0) is 43.1 Å². The van der Waals surface area contributed by atoms with Gasteiger partial charge in [-0.2, -0.15) is 0 Å². The summed E-state index contributed by atoms with van der Waals surface area (Å²) in [7, 11) is -2.09. The molecular formula is C20H25N3O3S. The number of nitrogens with one attached hydrogen (secondary N) is 2. The van der Waals surface area contributed by atoms with Crippen molar-refractivity contribution in [2.75, 3.05) is 26.7 Å². The molecule has 0 radical (unpaired) electrons. The first-order valence-electron chi connectivity index (χ1n) is 9.09. The Bertz CT molecular complexity index is 878. The van der Waals surface area contributed by atoms with Gasteiger partial charge in [-0.3, -0.25) is 4.79 Å². The third-order valence-electron chi connectivity index (χ3n) is 4.76. The number of sulfonamides is 1. The highest BCUT2D eigenvalue weighted by molar-refractivity contribution is 7.89. The lowest BCUT2D eigenvalue weighted by Crippen LogP contribution is -2.36. The SMILES string of the molecule is CN(CCc1ccccc1)S(=O)(=O)c1cccc(C(=O)NC2CCNC2)c1. The Morgan fingerprint density at radius 2 is 1.96 bits per heavy atom. The van der Waals surface area contributed by atoms with Crippen LogP contribution in [0.4, 0.5) is 0 Å². The molecule has 1 heterocycles. The van der Waals surface area contributed by atoms with Crippen LogP contribution in [0.5, 0.6) is 0 Å². The second-order valence-corrected chi connectivity index (χ2v) is 8.80. The fourth-order valence-electron chi connectivity index (χ4n) is 3.08. The molecule has 0 bridgehead atoms. The van der Waals surface area contributed by atoms with Gasteiger partial charge in [0.15, 0.2) is 0 Å². The Hall–Kier alpha value is -2.22. The van der Waals surface area contributed by atoms with Gasteiger partial charge in [-0.15, -0.1) is 0 Å². The molecule has 1 aliphatic heterocycles. The number of benzene rings is 2. The third kappa shape index (κ3) is 4.94. The van der Waals surface area contributed by atoms with Crippen LogP contribution in [0.3, 0.4) is 0 Å². The zero-order valence-corrected chi connectivity index (χ0v) is 16.2. The van der Waals surface area contributed by atoms with E-state index in [0.29, 0.717) is 18.5 Å². The van der Waals surface area contributed by atoms with Gasteiger partial charge in [-0.1, -0.05) is 36.4 Å². The smallest absolute Gasteiger partial charge is 0.251 e. The molecule has 27 heavy (non-hydrogen) atoms. The minimum absolute atomic E-state index is 0.0892. The van der Waals surface area contributed by atoms with Gasteiger partial charge < -0.3 is 10.6 Å². The van der Waals surface area contributed by atoms with E-state index in [0.717, 1.165) is 25.1 Å². The molecule has 1 amide bonds. The molecule has 6 nitrogen and oxygen atoms in total. The molecule has 0 aromatic heterocycles. The Labute approximate surface area is 160 Å². The van der Waals surface area contributed by atoms with Crippen molar-refractivity contribution in [1.82, 2.24) is 14.9 Å². The van der Waals surface area contributed by atoms with Gasteiger partial charge in [0.25, 0.3) is 5.91 Å². The number of carbonyl (C=O) groups is 1. The minimum Gasteiger partial charge on any atom is -0.348 e. The minimum atomic E-state index is -3.65. The Morgan fingerprint density at radius 3 is 2.67 bits per heavy atom. The second-order valence-electron chi connectivity index (χ2n) is 6.75. The van der Waals surface area contributed by atoms with Gasteiger partial charge in [0.2, 0.25) is 10.0 Å². The van der Waals surface area contributed by atoms with E-state index < -0.39 is 10.0 Å². The van der Waals surface area contributed by atoms with Crippen LogP contribution in [-0.2, 0) is 16.4 Å². The summed E-state index contributed by atoms with van der Waals surface area (Å²) in [6.45, 7) is 1.99. The van der Waals surface area contributed by atoms with Crippen molar-refractivity contribution in [3.8, 4) is 0 Å². The average Bonchev–Trinajstić information content (AvgIpc) is 3.20. The molecule has 0 aliphatic carbocycles. The molecule has 1 saturated heterocycles. The van der Waals surface area contributed by atoms with E-state index in [1.807, 2.05) is 30.3 Å². The van der Waals surface area contributed by atoms with Crippen molar-refractivity contribution in [2.24, 2.45) is 0 Å². The number of amides is 1. The molecule has 2 aromatic carbocycles. The monoisotopic (exact) mass is 387 g/mol. The van der Waals surface area contributed by atoms with Gasteiger partial charge in [0, 0.05) is 31.7 Å². The van der Waals surface area contributed by atoms with Crippen molar-refractivity contribution < 1.29 is 13.2 Å². The molecule has 3 rings (SSSR count). The first-order valence-corrected chi connectivity index (χ1v) is 10.5. The van der Waals surface area contributed by atoms with Crippen LogP contribution < -0.4 is 10.6 Å². The van der Waals surface area contributed by atoms with E-state index in [2.05, 4.69) is 10.6 Å². The topological polar surface area (TPSA) is 78.5 Å². The van der Waals surface area contributed by atoms with Crippen LogP contribution in [0.1, 0.15) is 22.3 Å². The predicted molar refractivity (Wildman–Crippen MR) is 105 cm³/mol. The van der Waals surface area contributed by atoms with Crippen LogP contribution in [0.25, 0.3) is 0 Å². The maximum atomic E-state index is 12.9. The molecule has 144 valence electrons. The van der Waals surface area contributed by atoms with E-state index in [9.17, 15) is 13.2 Å². The van der Waals surface area contributed by atoms with E-state index in [1.165, 1.54) is 16.4 Å². The molecule has 1 fully saturated rings. The molecule has 2 N–H and O–H groups in total. The lowest BCUT2D eigenvalue weighted by Gasteiger charge is -2.18. The summed E-state index contributed by atoms with van der Waals surface area (Å²) in [6.07, 6.45) is 1.51. The summed E-state index contributed by atoms with van der Waals surface area (Å²) in [6, 6.07) is 16.1. The van der Waals surface area contributed by atoms with E-state index >= 15 is 0 Å². The largest absolute Gasteiger partial charge is 0.348 e. The van der Waals surface area contributed by atoms with Crippen LogP contribution in [-0.4, -0.2) is 51.4 Å². The summed E-state index contributed by atoms with van der Waals surface area (Å²) in [5.41, 5.74) is 1.44.